The van der Waals surface area contributed by atoms with Crippen LogP contribution in [-0.4, -0.2) is 46.6 Å². The summed E-state index contributed by atoms with van der Waals surface area (Å²) in [7, 11) is 0. The molecule has 1 N–H and O–H groups in total. The van der Waals surface area contributed by atoms with Crippen molar-refractivity contribution in [2.75, 3.05) is 18.4 Å². The van der Waals surface area contributed by atoms with Gasteiger partial charge in [-0.3, -0.25) is 19.3 Å². The van der Waals surface area contributed by atoms with Gasteiger partial charge in [0.25, 0.3) is 0 Å². The summed E-state index contributed by atoms with van der Waals surface area (Å²) in [6.45, 7) is 7.12. The van der Waals surface area contributed by atoms with Crippen molar-refractivity contribution in [3.05, 3.63) is 29.3 Å². The number of nitrogens with zero attached hydrogens (tertiary/aromatic N) is 2. The lowest BCUT2D eigenvalue weighted by molar-refractivity contribution is -0.143. The number of hydrogen-bond acceptors (Lipinski definition) is 4. The van der Waals surface area contributed by atoms with Crippen molar-refractivity contribution in [2.45, 2.75) is 27.7 Å². The van der Waals surface area contributed by atoms with Gasteiger partial charge in [0.15, 0.2) is 0 Å². The zero-order valence-corrected chi connectivity index (χ0v) is 14.3. The third-order valence-electron chi connectivity index (χ3n) is 3.86. The molecule has 7 heteroatoms. The largest absolute Gasteiger partial charge is 0.334 e. The van der Waals surface area contributed by atoms with Gasteiger partial charge in [-0.25, -0.2) is 9.69 Å². The molecule has 0 saturated carbocycles. The molecule has 1 aromatic carbocycles. The molecule has 7 nitrogen and oxygen atoms in total. The number of rotatable bonds is 5. The van der Waals surface area contributed by atoms with Crippen molar-refractivity contribution in [1.29, 1.82) is 0 Å². The topological polar surface area (TPSA) is 86.8 Å². The van der Waals surface area contributed by atoms with Crippen LogP contribution in [0.4, 0.5) is 10.5 Å². The summed E-state index contributed by atoms with van der Waals surface area (Å²) in [6.07, 6.45) is 0. The number of amides is 5. The van der Waals surface area contributed by atoms with Gasteiger partial charge in [-0.1, -0.05) is 26.0 Å². The molecule has 1 heterocycles. The van der Waals surface area contributed by atoms with E-state index >= 15 is 0 Å². The highest BCUT2D eigenvalue weighted by Crippen LogP contribution is 2.19. The van der Waals surface area contributed by atoms with Gasteiger partial charge < -0.3 is 5.32 Å². The molecule has 0 spiro atoms. The Hall–Kier alpha value is -2.70. The van der Waals surface area contributed by atoms with Crippen LogP contribution < -0.4 is 5.32 Å². The second-order valence-electron chi connectivity index (χ2n) is 6.28. The lowest BCUT2D eigenvalue weighted by Crippen LogP contribution is -2.39. The molecular formula is C17H21N3O4. The van der Waals surface area contributed by atoms with Crippen LogP contribution in [0.15, 0.2) is 18.2 Å². The van der Waals surface area contributed by atoms with Crippen molar-refractivity contribution in [3.63, 3.8) is 0 Å². The van der Waals surface area contributed by atoms with Crippen LogP contribution in [0.5, 0.6) is 0 Å². The molecule has 1 aromatic rings. The van der Waals surface area contributed by atoms with E-state index in [1.54, 1.807) is 12.1 Å². The van der Waals surface area contributed by atoms with Gasteiger partial charge in [0.05, 0.1) is 0 Å². The van der Waals surface area contributed by atoms with Gasteiger partial charge in [0.1, 0.15) is 6.54 Å². The number of aryl methyl sites for hydroxylation is 1. The molecule has 0 unspecified atom stereocenters. The molecule has 128 valence electrons. The van der Waals surface area contributed by atoms with Crippen molar-refractivity contribution in [1.82, 2.24) is 9.80 Å². The summed E-state index contributed by atoms with van der Waals surface area (Å²) < 4.78 is 0. The Labute approximate surface area is 140 Å². The van der Waals surface area contributed by atoms with Crippen LogP contribution in [0.3, 0.4) is 0 Å². The monoisotopic (exact) mass is 331 g/mol. The molecule has 0 aliphatic carbocycles. The molecule has 2 rings (SSSR count). The smallest absolute Gasteiger partial charge is 0.324 e. The zero-order chi connectivity index (χ0) is 18.0. The van der Waals surface area contributed by atoms with Gasteiger partial charge in [-0.2, -0.15) is 0 Å². The Kier molecular flexibility index (Phi) is 5.02. The van der Waals surface area contributed by atoms with Gasteiger partial charge in [0, 0.05) is 12.2 Å². The number of benzene rings is 1. The fraction of sp³-hybridized carbons (Fsp3) is 0.412. The highest BCUT2D eigenvalue weighted by Gasteiger charge is 2.45. The SMILES string of the molecule is Cc1cccc(NC(=O)CN2C(=O)C(=O)N(CC(C)C)C2=O)c1C. The third-order valence-corrected chi connectivity index (χ3v) is 3.86. The van der Waals surface area contributed by atoms with Crippen molar-refractivity contribution in [2.24, 2.45) is 5.92 Å². The van der Waals surface area contributed by atoms with E-state index in [1.807, 2.05) is 33.8 Å². The minimum atomic E-state index is -0.961. The third kappa shape index (κ3) is 3.45. The number of imide groups is 2. The number of carbonyl (C=O) groups is 4. The maximum Gasteiger partial charge on any atom is 0.334 e. The molecule has 1 fully saturated rings. The average Bonchev–Trinajstić information content (AvgIpc) is 2.69. The highest BCUT2D eigenvalue weighted by atomic mass is 16.2. The van der Waals surface area contributed by atoms with Crippen LogP contribution in [0, 0.1) is 19.8 Å². The first-order valence-electron chi connectivity index (χ1n) is 7.75. The molecule has 5 amide bonds. The molecule has 0 aromatic heterocycles. The summed E-state index contributed by atoms with van der Waals surface area (Å²) in [5.41, 5.74) is 2.53. The second-order valence-corrected chi connectivity index (χ2v) is 6.28. The van der Waals surface area contributed by atoms with E-state index in [0.29, 0.717) is 10.6 Å². The van der Waals surface area contributed by atoms with Crippen LogP contribution in [0.25, 0.3) is 0 Å². The summed E-state index contributed by atoms with van der Waals surface area (Å²) in [4.78, 5) is 49.8. The fourth-order valence-corrected chi connectivity index (χ4v) is 2.44. The first kappa shape index (κ1) is 17.7. The summed E-state index contributed by atoms with van der Waals surface area (Å²) in [6, 6.07) is 4.72. The minimum Gasteiger partial charge on any atom is -0.324 e. The molecular weight excluding hydrogens is 310 g/mol. The molecule has 0 radical (unpaired) electrons. The number of urea groups is 1. The summed E-state index contributed by atoms with van der Waals surface area (Å²) in [5.74, 6) is -2.33. The molecule has 1 aliphatic heterocycles. The number of hydrogen-bond donors (Lipinski definition) is 1. The van der Waals surface area contributed by atoms with E-state index in [0.717, 1.165) is 16.0 Å². The first-order valence-corrected chi connectivity index (χ1v) is 7.75. The Balaban J connectivity index is 2.08. The van der Waals surface area contributed by atoms with Crippen molar-refractivity contribution < 1.29 is 19.2 Å². The maximum absolute atomic E-state index is 12.2. The fourth-order valence-electron chi connectivity index (χ4n) is 2.44. The maximum atomic E-state index is 12.2. The van der Waals surface area contributed by atoms with E-state index in [4.69, 9.17) is 0 Å². The van der Waals surface area contributed by atoms with E-state index in [-0.39, 0.29) is 12.5 Å². The van der Waals surface area contributed by atoms with Gasteiger partial charge >= 0.3 is 17.8 Å². The highest BCUT2D eigenvalue weighted by molar-refractivity contribution is 6.45. The lowest BCUT2D eigenvalue weighted by Gasteiger charge is -2.17. The normalized spacial score (nSPS) is 14.8. The van der Waals surface area contributed by atoms with E-state index in [2.05, 4.69) is 5.32 Å². The zero-order valence-electron chi connectivity index (χ0n) is 14.3. The average molecular weight is 331 g/mol. The molecule has 1 saturated heterocycles. The van der Waals surface area contributed by atoms with E-state index in [1.165, 1.54) is 0 Å². The van der Waals surface area contributed by atoms with Crippen LogP contribution in [-0.2, 0) is 14.4 Å². The second kappa shape index (κ2) is 6.82. The van der Waals surface area contributed by atoms with Gasteiger partial charge in [-0.05, 0) is 37.0 Å². The Morgan fingerprint density at radius 2 is 1.71 bits per heavy atom. The number of nitrogens with one attached hydrogen (secondary N) is 1. The van der Waals surface area contributed by atoms with Crippen molar-refractivity contribution in [3.8, 4) is 0 Å². The van der Waals surface area contributed by atoms with Gasteiger partial charge in [-0.15, -0.1) is 0 Å². The number of anilines is 1. The van der Waals surface area contributed by atoms with Crippen molar-refractivity contribution >= 4 is 29.4 Å². The summed E-state index contributed by atoms with van der Waals surface area (Å²) >= 11 is 0. The Morgan fingerprint density at radius 1 is 1.08 bits per heavy atom. The van der Waals surface area contributed by atoms with Gasteiger partial charge in [0.2, 0.25) is 5.91 Å². The first-order chi connectivity index (χ1) is 11.2. The molecule has 0 bridgehead atoms. The standard InChI is InChI=1S/C17H21N3O4/c1-10(2)8-19-15(22)16(23)20(17(19)24)9-14(21)18-13-7-5-6-11(3)12(13)4/h5-7,10H,8-9H2,1-4H3,(H,18,21). The Bertz CT molecular complexity index is 712. The van der Waals surface area contributed by atoms with Crippen LogP contribution in [0.2, 0.25) is 0 Å². The minimum absolute atomic E-state index is 0.0365. The van der Waals surface area contributed by atoms with E-state index < -0.39 is 30.3 Å². The van der Waals surface area contributed by atoms with E-state index in [9.17, 15) is 19.2 Å². The van der Waals surface area contributed by atoms with Crippen LogP contribution in [0.1, 0.15) is 25.0 Å². The molecule has 24 heavy (non-hydrogen) atoms. The quantitative estimate of drug-likeness (QED) is 0.657. The predicted molar refractivity (Wildman–Crippen MR) is 88.2 cm³/mol. The Morgan fingerprint density at radius 3 is 2.33 bits per heavy atom. The predicted octanol–water partition coefficient (Wildman–Crippen LogP) is 1.69. The molecule has 1 aliphatic rings. The summed E-state index contributed by atoms with van der Waals surface area (Å²) in [5, 5.41) is 2.67. The van der Waals surface area contributed by atoms with Crippen LogP contribution >= 0.6 is 0 Å². The molecule has 0 atom stereocenters. The lowest BCUT2D eigenvalue weighted by atomic mass is 10.1. The number of carbonyl (C=O) groups excluding carboxylic acids is 4.